The number of hydrogen-bond acceptors (Lipinski definition) is 8. The Kier molecular flexibility index (Phi) is 7.39. The molecule has 0 spiro atoms. The summed E-state index contributed by atoms with van der Waals surface area (Å²) >= 11 is 6.74. The molecule has 5 aliphatic rings. The van der Waals surface area contributed by atoms with Crippen molar-refractivity contribution in [3.05, 3.63) is 52.8 Å². The zero-order valence-corrected chi connectivity index (χ0v) is 25.3. The number of aromatic nitrogens is 2. The minimum atomic E-state index is -1.16. The SMILES string of the molecule is Oc1cc(-c2c(Cl)cc3c(N4CC5CCC(C4)N5)nc(OCCCN4CC5CCC4CO5)nc3c2F)c2c(F)c(F)ccc2c1. The number of ether oxygens (including phenoxy) is 2. The summed E-state index contributed by atoms with van der Waals surface area (Å²) in [6, 6.07) is 7.40. The highest BCUT2D eigenvalue weighted by Gasteiger charge is 2.35. The van der Waals surface area contributed by atoms with Crippen LogP contribution in [-0.2, 0) is 4.74 Å². The lowest BCUT2D eigenvalue weighted by Gasteiger charge is -2.45. The molecule has 236 valence electrons. The second-order valence-electron chi connectivity index (χ2n) is 12.7. The van der Waals surface area contributed by atoms with E-state index in [1.807, 2.05) is 0 Å². The Hall–Kier alpha value is -3.38. The largest absolute Gasteiger partial charge is 0.508 e. The normalized spacial score (nSPS) is 24.7. The third-order valence-electron chi connectivity index (χ3n) is 9.74. The summed E-state index contributed by atoms with van der Waals surface area (Å²) in [4.78, 5) is 13.8. The molecule has 4 atom stereocenters. The maximum atomic E-state index is 16.7. The molecule has 0 radical (unpaired) electrons. The molecule has 5 fully saturated rings. The third kappa shape index (κ3) is 5.23. The van der Waals surface area contributed by atoms with Gasteiger partial charge in [-0.3, -0.25) is 4.90 Å². The molecule has 0 amide bonds. The van der Waals surface area contributed by atoms with Crippen LogP contribution in [0, 0.1) is 17.5 Å². The first-order valence-electron chi connectivity index (χ1n) is 15.6. The number of benzene rings is 3. The molecular formula is C33H33ClF3N5O3. The fourth-order valence-corrected chi connectivity index (χ4v) is 7.89. The van der Waals surface area contributed by atoms with Gasteiger partial charge >= 0.3 is 6.01 Å². The van der Waals surface area contributed by atoms with Gasteiger partial charge in [-0.2, -0.15) is 9.97 Å². The van der Waals surface area contributed by atoms with Crippen molar-refractivity contribution in [1.82, 2.24) is 20.2 Å². The minimum absolute atomic E-state index is 0.0352. The van der Waals surface area contributed by atoms with Crippen LogP contribution in [0.4, 0.5) is 19.0 Å². The first-order valence-corrected chi connectivity index (χ1v) is 16.0. The van der Waals surface area contributed by atoms with Crippen molar-refractivity contribution < 1.29 is 27.8 Å². The number of fused-ring (bicyclic) bond motifs is 7. The van der Waals surface area contributed by atoms with Crippen molar-refractivity contribution >= 4 is 39.1 Å². The van der Waals surface area contributed by atoms with E-state index in [-0.39, 0.29) is 56.3 Å². The molecule has 45 heavy (non-hydrogen) atoms. The molecule has 5 aliphatic heterocycles. The lowest BCUT2D eigenvalue weighted by atomic mass is 9.95. The Labute approximate surface area is 263 Å². The van der Waals surface area contributed by atoms with Gasteiger partial charge in [-0.15, -0.1) is 0 Å². The predicted molar refractivity (Wildman–Crippen MR) is 166 cm³/mol. The van der Waals surface area contributed by atoms with Crippen LogP contribution in [0.5, 0.6) is 11.8 Å². The smallest absolute Gasteiger partial charge is 0.319 e. The zero-order chi connectivity index (χ0) is 30.8. The molecular weight excluding hydrogens is 607 g/mol. The maximum Gasteiger partial charge on any atom is 0.319 e. The van der Waals surface area contributed by atoms with Crippen molar-refractivity contribution in [2.75, 3.05) is 44.3 Å². The van der Waals surface area contributed by atoms with Crippen molar-refractivity contribution in [1.29, 1.82) is 0 Å². The van der Waals surface area contributed by atoms with Crippen LogP contribution in [-0.4, -0.2) is 83.6 Å². The number of aromatic hydroxyl groups is 1. The number of rotatable bonds is 7. The zero-order valence-electron chi connectivity index (χ0n) is 24.5. The van der Waals surface area contributed by atoms with Crippen LogP contribution in [0.3, 0.4) is 0 Å². The molecule has 6 heterocycles. The van der Waals surface area contributed by atoms with Gasteiger partial charge in [-0.1, -0.05) is 17.7 Å². The molecule has 1 aromatic heterocycles. The lowest BCUT2D eigenvalue weighted by molar-refractivity contribution is -0.106. The summed E-state index contributed by atoms with van der Waals surface area (Å²) in [5.41, 5.74) is -0.305. The number of phenolic OH excluding ortho intramolecular Hbond substituents is 1. The quantitative estimate of drug-likeness (QED) is 0.246. The molecule has 9 rings (SSSR count). The van der Waals surface area contributed by atoms with Gasteiger partial charge in [0.15, 0.2) is 17.5 Å². The highest BCUT2D eigenvalue weighted by Crippen LogP contribution is 2.44. The van der Waals surface area contributed by atoms with Crippen LogP contribution in [0.1, 0.15) is 32.1 Å². The van der Waals surface area contributed by atoms with Gasteiger partial charge in [-0.25, -0.2) is 13.2 Å². The van der Waals surface area contributed by atoms with Crippen LogP contribution in [0.2, 0.25) is 5.02 Å². The second-order valence-corrected chi connectivity index (χ2v) is 13.1. The number of piperidine rings is 1. The molecule has 4 bridgehead atoms. The van der Waals surface area contributed by atoms with E-state index in [1.165, 1.54) is 18.2 Å². The summed E-state index contributed by atoms with van der Waals surface area (Å²) in [5.74, 6) is -2.80. The van der Waals surface area contributed by atoms with Gasteiger partial charge < -0.3 is 24.8 Å². The topological polar surface area (TPSA) is 83.0 Å². The van der Waals surface area contributed by atoms with Crippen molar-refractivity contribution in [3.63, 3.8) is 0 Å². The summed E-state index contributed by atoms with van der Waals surface area (Å²) in [5, 5.41) is 14.4. The summed E-state index contributed by atoms with van der Waals surface area (Å²) < 4.78 is 58.2. The standard InChI is InChI=1S/C33H33ClF3N5O3/c34-25-12-24-31(30(37)28(25)23-11-21(43)10-17-2-7-26(35)29(36)27(17)23)39-33(40-32(24)42-13-18-3-4-19(14-42)38-18)44-9-1-8-41-15-22-6-5-20(41)16-45-22/h2,7,10-12,18-20,22,38,43H,1,3-6,8-9,13-16H2. The highest BCUT2D eigenvalue weighted by molar-refractivity contribution is 6.35. The minimum Gasteiger partial charge on any atom is -0.508 e. The fourth-order valence-electron chi connectivity index (χ4n) is 7.60. The van der Waals surface area contributed by atoms with Crippen LogP contribution >= 0.6 is 11.6 Å². The number of halogens is 4. The van der Waals surface area contributed by atoms with Crippen molar-refractivity contribution in [2.45, 2.75) is 56.3 Å². The molecule has 4 unspecified atom stereocenters. The van der Waals surface area contributed by atoms with Gasteiger partial charge in [0, 0.05) is 66.2 Å². The Morgan fingerprint density at radius 3 is 2.56 bits per heavy atom. The van der Waals surface area contributed by atoms with Crippen LogP contribution in [0.25, 0.3) is 32.8 Å². The molecule has 0 aliphatic carbocycles. The Morgan fingerprint density at radius 1 is 1.00 bits per heavy atom. The number of hydrogen-bond donors (Lipinski definition) is 2. The molecule has 8 nitrogen and oxygen atoms in total. The van der Waals surface area contributed by atoms with Crippen molar-refractivity contribution in [2.24, 2.45) is 0 Å². The molecule has 2 N–H and O–H groups in total. The first kappa shape index (κ1) is 29.1. The number of piperazine rings is 1. The number of phenols is 1. The average Bonchev–Trinajstić information content (AvgIpc) is 3.38. The van der Waals surface area contributed by atoms with E-state index in [1.54, 1.807) is 6.07 Å². The maximum absolute atomic E-state index is 16.7. The Bertz CT molecular complexity index is 1790. The average molecular weight is 640 g/mol. The van der Waals surface area contributed by atoms with Gasteiger partial charge in [0.2, 0.25) is 0 Å². The third-order valence-corrected chi connectivity index (χ3v) is 10.0. The second kappa shape index (κ2) is 11.5. The van der Waals surface area contributed by atoms with E-state index in [9.17, 15) is 9.50 Å². The Balaban J connectivity index is 1.19. The monoisotopic (exact) mass is 639 g/mol. The number of nitrogens with one attached hydrogen (secondary N) is 1. The van der Waals surface area contributed by atoms with Crippen LogP contribution in [0.15, 0.2) is 30.3 Å². The van der Waals surface area contributed by atoms with Crippen molar-refractivity contribution in [3.8, 4) is 22.9 Å². The molecule has 12 heteroatoms. The summed E-state index contributed by atoms with van der Waals surface area (Å²) in [6.07, 6.45) is 5.38. The van der Waals surface area contributed by atoms with Gasteiger partial charge in [-0.05, 0) is 61.8 Å². The van der Waals surface area contributed by atoms with Crippen LogP contribution < -0.4 is 15.0 Å². The molecule has 3 aromatic carbocycles. The molecule has 0 saturated carbocycles. The summed E-state index contributed by atoms with van der Waals surface area (Å²) in [6.45, 7) is 4.26. The number of nitrogens with zero attached hydrogens (tertiary/aromatic N) is 4. The van der Waals surface area contributed by atoms with E-state index >= 15 is 8.78 Å². The van der Waals surface area contributed by atoms with E-state index in [2.05, 4.69) is 20.1 Å². The highest BCUT2D eigenvalue weighted by atomic mass is 35.5. The lowest BCUT2D eigenvalue weighted by Crippen LogP contribution is -2.54. The first-order chi connectivity index (χ1) is 21.8. The van der Waals surface area contributed by atoms with Gasteiger partial charge in [0.1, 0.15) is 17.1 Å². The van der Waals surface area contributed by atoms with E-state index in [0.717, 1.165) is 57.9 Å². The van der Waals surface area contributed by atoms with Gasteiger partial charge in [0.05, 0.1) is 24.3 Å². The van der Waals surface area contributed by atoms with E-state index < -0.39 is 17.5 Å². The Morgan fingerprint density at radius 2 is 1.82 bits per heavy atom. The van der Waals surface area contributed by atoms with E-state index in [0.29, 0.717) is 43.0 Å². The number of anilines is 1. The number of morpholine rings is 1. The summed E-state index contributed by atoms with van der Waals surface area (Å²) in [7, 11) is 0. The fraction of sp³-hybridized carbons (Fsp3) is 0.455. The predicted octanol–water partition coefficient (Wildman–Crippen LogP) is 5.80. The molecule has 5 saturated heterocycles. The van der Waals surface area contributed by atoms with E-state index in [4.69, 9.17) is 26.1 Å². The van der Waals surface area contributed by atoms with Gasteiger partial charge in [0.25, 0.3) is 0 Å². The molecule has 4 aromatic rings.